The van der Waals surface area contributed by atoms with Crippen molar-refractivity contribution in [2.45, 2.75) is 25.7 Å². The highest BCUT2D eigenvalue weighted by Gasteiger charge is 2.19. The molecule has 0 saturated carbocycles. The van der Waals surface area contributed by atoms with Gasteiger partial charge in [0.2, 0.25) is 0 Å². The summed E-state index contributed by atoms with van der Waals surface area (Å²) in [5.41, 5.74) is 2.62. The monoisotopic (exact) mass is 416 g/mol. The van der Waals surface area contributed by atoms with Gasteiger partial charge in [-0.25, -0.2) is 14.2 Å². The van der Waals surface area contributed by atoms with E-state index in [4.69, 9.17) is 4.74 Å². The van der Waals surface area contributed by atoms with Gasteiger partial charge in [-0.05, 0) is 61.6 Å². The number of nitrogens with one attached hydrogen (secondary N) is 1. The number of carbonyl (C=O) groups excluding carboxylic acids is 2. The minimum Gasteiger partial charge on any atom is -0.451 e. The Hall–Kier alpha value is -2.58. The van der Waals surface area contributed by atoms with Crippen LogP contribution in [0.25, 0.3) is 11.3 Å². The molecule has 4 rings (SSSR count). The van der Waals surface area contributed by atoms with Gasteiger partial charge in [0, 0.05) is 15.8 Å². The minimum absolute atomic E-state index is 0.319. The number of benzene rings is 1. The smallest absolute Gasteiger partial charge is 0.348 e. The van der Waals surface area contributed by atoms with Gasteiger partial charge in [0.25, 0.3) is 5.91 Å². The second-order valence-corrected chi connectivity index (χ2v) is 8.43. The Morgan fingerprint density at radius 1 is 1.18 bits per heavy atom. The highest BCUT2D eigenvalue weighted by atomic mass is 32.1. The lowest BCUT2D eigenvalue weighted by atomic mass is 9.99. The third-order valence-electron chi connectivity index (χ3n) is 4.42. The lowest BCUT2D eigenvalue weighted by Crippen LogP contribution is -2.20. The summed E-state index contributed by atoms with van der Waals surface area (Å²) in [6.45, 7) is -0.368. The number of aryl methyl sites for hydroxylation is 2. The van der Waals surface area contributed by atoms with Crippen LogP contribution in [-0.2, 0) is 22.4 Å². The molecule has 5 nitrogen and oxygen atoms in total. The fourth-order valence-corrected chi connectivity index (χ4v) is 4.92. The predicted octanol–water partition coefficient (Wildman–Crippen LogP) is 4.69. The fourth-order valence-electron chi connectivity index (χ4n) is 3.03. The van der Waals surface area contributed by atoms with E-state index < -0.39 is 11.9 Å². The molecule has 28 heavy (non-hydrogen) atoms. The van der Waals surface area contributed by atoms with E-state index in [0.29, 0.717) is 15.7 Å². The van der Waals surface area contributed by atoms with Crippen LogP contribution in [0.2, 0.25) is 0 Å². The third kappa shape index (κ3) is 4.28. The van der Waals surface area contributed by atoms with Crippen molar-refractivity contribution < 1.29 is 18.7 Å². The van der Waals surface area contributed by atoms with Crippen LogP contribution in [0.1, 0.15) is 33.0 Å². The molecule has 0 bridgehead atoms. The second-order valence-electron chi connectivity index (χ2n) is 6.44. The standard InChI is InChI=1S/C20H17FN2O3S2/c21-14-7-5-12(6-8-14)15-11-27-20(22-15)23-18(24)10-26-19(25)17-9-13-3-1-2-4-16(13)28-17/h5-9,11H,1-4,10H2,(H,22,23,24). The third-order valence-corrected chi connectivity index (χ3v) is 6.40. The maximum absolute atomic E-state index is 13.0. The highest BCUT2D eigenvalue weighted by Crippen LogP contribution is 2.30. The highest BCUT2D eigenvalue weighted by molar-refractivity contribution is 7.14. The topological polar surface area (TPSA) is 68.3 Å². The van der Waals surface area contributed by atoms with Crippen LogP contribution in [0.15, 0.2) is 35.7 Å². The molecule has 1 aliphatic rings. The van der Waals surface area contributed by atoms with Gasteiger partial charge in [0.1, 0.15) is 10.7 Å². The Morgan fingerprint density at radius 3 is 2.75 bits per heavy atom. The molecule has 0 spiro atoms. The number of aromatic nitrogens is 1. The summed E-state index contributed by atoms with van der Waals surface area (Å²) in [5.74, 6) is -1.24. The van der Waals surface area contributed by atoms with E-state index in [1.165, 1.54) is 45.2 Å². The van der Waals surface area contributed by atoms with Gasteiger partial charge in [-0.1, -0.05) is 0 Å². The van der Waals surface area contributed by atoms with Crippen molar-refractivity contribution in [3.05, 3.63) is 56.8 Å². The molecule has 0 atom stereocenters. The first-order valence-corrected chi connectivity index (χ1v) is 10.6. The van der Waals surface area contributed by atoms with Crippen molar-refractivity contribution in [1.29, 1.82) is 0 Å². The summed E-state index contributed by atoms with van der Waals surface area (Å²) in [4.78, 5) is 30.4. The Kier molecular flexibility index (Phi) is 5.50. The summed E-state index contributed by atoms with van der Waals surface area (Å²) < 4.78 is 18.1. The predicted molar refractivity (Wildman–Crippen MR) is 107 cm³/mol. The van der Waals surface area contributed by atoms with Gasteiger partial charge in [0.15, 0.2) is 11.7 Å². The lowest BCUT2D eigenvalue weighted by molar-refractivity contribution is -0.119. The minimum atomic E-state index is -0.472. The van der Waals surface area contributed by atoms with Crippen LogP contribution in [0.3, 0.4) is 0 Å². The number of thiazole rings is 1. The Bertz CT molecular complexity index is 987. The van der Waals surface area contributed by atoms with E-state index in [1.54, 1.807) is 17.5 Å². The Labute approximate surface area is 169 Å². The largest absolute Gasteiger partial charge is 0.451 e. The normalized spacial score (nSPS) is 13.0. The zero-order chi connectivity index (χ0) is 19.5. The number of rotatable bonds is 5. The van der Waals surface area contributed by atoms with Crippen molar-refractivity contribution in [3.8, 4) is 11.3 Å². The molecule has 2 aromatic heterocycles. The molecular formula is C20H17FN2O3S2. The molecule has 8 heteroatoms. The molecule has 0 fully saturated rings. The molecule has 0 unspecified atom stereocenters. The molecular weight excluding hydrogens is 399 g/mol. The summed E-state index contributed by atoms with van der Waals surface area (Å²) in [5, 5.41) is 4.78. The number of thiophene rings is 1. The van der Waals surface area contributed by atoms with E-state index in [1.807, 2.05) is 6.07 Å². The zero-order valence-corrected chi connectivity index (χ0v) is 16.5. The SMILES string of the molecule is O=C(COC(=O)c1cc2c(s1)CCCC2)Nc1nc(-c2ccc(F)cc2)cs1. The second kappa shape index (κ2) is 8.20. The molecule has 1 aliphatic carbocycles. The summed E-state index contributed by atoms with van der Waals surface area (Å²) >= 11 is 2.71. The number of hydrogen-bond acceptors (Lipinski definition) is 6. The average molecular weight is 416 g/mol. The van der Waals surface area contributed by atoms with E-state index in [2.05, 4.69) is 10.3 Å². The number of anilines is 1. The first kappa shape index (κ1) is 18.8. The van der Waals surface area contributed by atoms with Crippen molar-refractivity contribution in [2.75, 3.05) is 11.9 Å². The lowest BCUT2D eigenvalue weighted by Gasteiger charge is -2.08. The molecule has 0 radical (unpaired) electrons. The van der Waals surface area contributed by atoms with Crippen LogP contribution in [0, 0.1) is 5.82 Å². The van der Waals surface area contributed by atoms with Gasteiger partial charge < -0.3 is 4.74 Å². The fraction of sp³-hybridized carbons (Fsp3) is 0.250. The van der Waals surface area contributed by atoms with E-state index in [-0.39, 0.29) is 12.4 Å². The molecule has 1 amide bonds. The maximum atomic E-state index is 13.0. The molecule has 0 aliphatic heterocycles. The zero-order valence-electron chi connectivity index (χ0n) is 14.9. The van der Waals surface area contributed by atoms with Crippen LogP contribution >= 0.6 is 22.7 Å². The number of carbonyl (C=O) groups is 2. The molecule has 0 saturated heterocycles. The van der Waals surface area contributed by atoms with E-state index in [0.717, 1.165) is 31.2 Å². The van der Waals surface area contributed by atoms with E-state index >= 15 is 0 Å². The van der Waals surface area contributed by atoms with Gasteiger partial charge in [-0.2, -0.15) is 0 Å². The number of nitrogens with zero attached hydrogens (tertiary/aromatic N) is 1. The first-order valence-electron chi connectivity index (χ1n) is 8.88. The number of esters is 1. The summed E-state index contributed by atoms with van der Waals surface area (Å²) in [6, 6.07) is 7.84. The molecule has 3 aromatic rings. The van der Waals surface area contributed by atoms with Gasteiger partial charge in [-0.15, -0.1) is 22.7 Å². The number of halogens is 1. The Morgan fingerprint density at radius 2 is 1.96 bits per heavy atom. The van der Waals surface area contributed by atoms with Crippen molar-refractivity contribution >= 4 is 39.7 Å². The molecule has 2 heterocycles. The van der Waals surface area contributed by atoms with Crippen LogP contribution in [0.5, 0.6) is 0 Å². The first-order chi connectivity index (χ1) is 13.6. The van der Waals surface area contributed by atoms with Crippen molar-refractivity contribution in [1.82, 2.24) is 4.98 Å². The number of hydrogen-bond donors (Lipinski definition) is 1. The quantitative estimate of drug-likeness (QED) is 0.613. The van der Waals surface area contributed by atoms with Crippen LogP contribution in [-0.4, -0.2) is 23.5 Å². The number of amides is 1. The average Bonchev–Trinajstić information content (AvgIpc) is 3.33. The summed E-state index contributed by atoms with van der Waals surface area (Å²) in [7, 11) is 0. The van der Waals surface area contributed by atoms with Gasteiger partial charge >= 0.3 is 5.97 Å². The van der Waals surface area contributed by atoms with Crippen LogP contribution in [0.4, 0.5) is 9.52 Å². The van der Waals surface area contributed by atoms with Gasteiger partial charge in [0.05, 0.1) is 5.69 Å². The Balaban J connectivity index is 1.31. The van der Waals surface area contributed by atoms with Crippen molar-refractivity contribution in [3.63, 3.8) is 0 Å². The van der Waals surface area contributed by atoms with Crippen molar-refractivity contribution in [2.24, 2.45) is 0 Å². The number of ether oxygens (including phenoxy) is 1. The maximum Gasteiger partial charge on any atom is 0.348 e. The van der Waals surface area contributed by atoms with E-state index in [9.17, 15) is 14.0 Å². The number of fused-ring (bicyclic) bond motifs is 1. The molecule has 144 valence electrons. The molecule has 1 aromatic carbocycles. The molecule has 1 N–H and O–H groups in total. The summed E-state index contributed by atoms with van der Waals surface area (Å²) in [6.07, 6.45) is 4.31. The van der Waals surface area contributed by atoms with Gasteiger partial charge in [-0.3, -0.25) is 10.1 Å². The van der Waals surface area contributed by atoms with Crippen LogP contribution < -0.4 is 5.32 Å².